The van der Waals surface area contributed by atoms with Gasteiger partial charge in [-0.15, -0.1) is 0 Å². The zero-order valence-corrected chi connectivity index (χ0v) is 15.3. The molecule has 0 radical (unpaired) electrons. The highest BCUT2D eigenvalue weighted by molar-refractivity contribution is 7.89. The maximum Gasteiger partial charge on any atom is 0.326 e. The van der Waals surface area contributed by atoms with E-state index in [0.29, 0.717) is 0 Å². The van der Waals surface area contributed by atoms with E-state index in [1.807, 2.05) is 0 Å². The number of amides is 1. The van der Waals surface area contributed by atoms with Crippen molar-refractivity contribution in [3.8, 4) is 5.75 Å². The summed E-state index contributed by atoms with van der Waals surface area (Å²) in [6.07, 6.45) is 3.42. The Hall–Kier alpha value is -2.39. The molecular weight excluding hydrogens is 348 g/mol. The minimum atomic E-state index is -3.83. The van der Waals surface area contributed by atoms with E-state index in [1.165, 1.54) is 33.3 Å². The molecular formula is C16H22N2O6S. The quantitative estimate of drug-likeness (QED) is 0.663. The number of allylic oxidation sites excluding steroid dienone is 1. The van der Waals surface area contributed by atoms with E-state index >= 15 is 0 Å². The number of rotatable bonds is 8. The van der Waals surface area contributed by atoms with E-state index < -0.39 is 27.9 Å². The second-order valence-corrected chi connectivity index (χ2v) is 7.44. The van der Waals surface area contributed by atoms with Crippen molar-refractivity contribution in [1.29, 1.82) is 0 Å². The number of nitrogens with zero attached hydrogens (tertiary/aromatic N) is 1. The number of nitrogens with one attached hydrogen (secondary N) is 1. The standard InChI is InChI=1S/C16H22N2O6S/c1-5-6-7-12(16(20)21)17-15(19)11-8-9-13(24-4)14(10-11)25(22,23)18(2)3/h5-6,8-10,12H,7H2,1-4H3,(H,17,19)(H,20,21)/b6-5+. The lowest BCUT2D eigenvalue weighted by Crippen LogP contribution is -2.40. The van der Waals surface area contributed by atoms with Gasteiger partial charge in [0, 0.05) is 19.7 Å². The molecule has 8 nitrogen and oxygen atoms in total. The number of benzene rings is 1. The van der Waals surface area contributed by atoms with Crippen LogP contribution < -0.4 is 10.1 Å². The topological polar surface area (TPSA) is 113 Å². The number of carboxylic acids is 1. The Morgan fingerprint density at radius 1 is 1.36 bits per heavy atom. The second kappa shape index (κ2) is 8.63. The van der Waals surface area contributed by atoms with Gasteiger partial charge in [-0.2, -0.15) is 0 Å². The van der Waals surface area contributed by atoms with Crippen LogP contribution in [0.3, 0.4) is 0 Å². The van der Waals surface area contributed by atoms with E-state index in [-0.39, 0.29) is 22.6 Å². The summed E-state index contributed by atoms with van der Waals surface area (Å²) >= 11 is 0. The first-order valence-electron chi connectivity index (χ1n) is 7.40. The molecule has 0 aliphatic rings. The first kappa shape index (κ1) is 20.7. The number of carbonyl (C=O) groups excluding carboxylic acids is 1. The summed E-state index contributed by atoms with van der Waals surface area (Å²) in [6, 6.07) is 2.78. The number of ether oxygens (including phenoxy) is 1. The highest BCUT2D eigenvalue weighted by atomic mass is 32.2. The summed E-state index contributed by atoms with van der Waals surface area (Å²) in [5.74, 6) is -1.77. The van der Waals surface area contributed by atoms with Gasteiger partial charge in [-0.05, 0) is 31.5 Å². The molecule has 1 unspecified atom stereocenters. The van der Waals surface area contributed by atoms with Crippen LogP contribution in [0.15, 0.2) is 35.2 Å². The Morgan fingerprint density at radius 2 is 2.00 bits per heavy atom. The monoisotopic (exact) mass is 370 g/mol. The number of methoxy groups -OCH3 is 1. The van der Waals surface area contributed by atoms with Crippen molar-refractivity contribution in [2.24, 2.45) is 0 Å². The molecule has 0 fully saturated rings. The fourth-order valence-corrected chi connectivity index (χ4v) is 3.03. The van der Waals surface area contributed by atoms with E-state index in [4.69, 9.17) is 9.84 Å². The molecule has 2 N–H and O–H groups in total. The molecule has 138 valence electrons. The first-order chi connectivity index (χ1) is 11.6. The third-order valence-corrected chi connectivity index (χ3v) is 5.23. The van der Waals surface area contributed by atoms with Crippen molar-refractivity contribution in [1.82, 2.24) is 9.62 Å². The highest BCUT2D eigenvalue weighted by Crippen LogP contribution is 2.26. The predicted molar refractivity (Wildman–Crippen MR) is 92.2 cm³/mol. The van der Waals surface area contributed by atoms with Crippen LogP contribution in [0.4, 0.5) is 0 Å². The van der Waals surface area contributed by atoms with Gasteiger partial charge in [0.25, 0.3) is 5.91 Å². The van der Waals surface area contributed by atoms with Crippen molar-refractivity contribution in [2.45, 2.75) is 24.3 Å². The van der Waals surface area contributed by atoms with Crippen molar-refractivity contribution in [3.63, 3.8) is 0 Å². The number of hydrogen-bond acceptors (Lipinski definition) is 5. The summed E-state index contributed by atoms with van der Waals surface area (Å²) in [4.78, 5) is 23.4. The zero-order valence-electron chi connectivity index (χ0n) is 14.5. The molecule has 0 aliphatic carbocycles. The largest absolute Gasteiger partial charge is 0.495 e. The van der Waals surface area contributed by atoms with Crippen molar-refractivity contribution >= 4 is 21.9 Å². The molecule has 9 heteroatoms. The fraction of sp³-hybridized carbons (Fsp3) is 0.375. The van der Waals surface area contributed by atoms with Gasteiger partial charge >= 0.3 is 5.97 Å². The SMILES string of the molecule is C/C=C/CC(NC(=O)c1ccc(OC)c(S(=O)(=O)N(C)C)c1)C(=O)O. The summed E-state index contributed by atoms with van der Waals surface area (Å²) in [6.45, 7) is 1.74. The molecule has 0 aliphatic heterocycles. The maximum absolute atomic E-state index is 12.4. The number of hydrogen-bond donors (Lipinski definition) is 2. The van der Waals surface area contributed by atoms with Crippen LogP contribution in [0, 0.1) is 0 Å². The lowest BCUT2D eigenvalue weighted by atomic mass is 10.1. The fourth-order valence-electron chi connectivity index (χ4n) is 1.95. The smallest absolute Gasteiger partial charge is 0.326 e. The van der Waals surface area contributed by atoms with Crippen LogP contribution in [0.5, 0.6) is 5.75 Å². The number of sulfonamides is 1. The van der Waals surface area contributed by atoms with Gasteiger partial charge in [0.2, 0.25) is 10.0 Å². The Morgan fingerprint density at radius 3 is 2.48 bits per heavy atom. The zero-order chi connectivity index (χ0) is 19.2. The molecule has 0 heterocycles. The van der Waals surface area contributed by atoms with Crippen LogP contribution in [0.2, 0.25) is 0 Å². The first-order valence-corrected chi connectivity index (χ1v) is 8.84. The molecule has 1 rings (SSSR count). The average molecular weight is 370 g/mol. The van der Waals surface area contributed by atoms with Crippen LogP contribution in [0.1, 0.15) is 23.7 Å². The van der Waals surface area contributed by atoms with Gasteiger partial charge in [0.15, 0.2) is 0 Å². The molecule has 1 atom stereocenters. The normalized spacial score (nSPS) is 13.0. The number of carboxylic acid groups (broad SMARTS) is 1. The van der Waals surface area contributed by atoms with Crippen LogP contribution in [-0.4, -0.2) is 57.0 Å². The Balaban J connectivity index is 3.21. The second-order valence-electron chi connectivity index (χ2n) is 5.32. The number of carbonyl (C=O) groups is 2. The van der Waals surface area contributed by atoms with E-state index in [9.17, 15) is 18.0 Å². The molecule has 0 spiro atoms. The summed E-state index contributed by atoms with van der Waals surface area (Å²) in [7, 11) is 0.207. The lowest BCUT2D eigenvalue weighted by Gasteiger charge is -2.16. The molecule has 1 amide bonds. The van der Waals surface area contributed by atoms with E-state index in [1.54, 1.807) is 19.1 Å². The number of aliphatic carboxylic acids is 1. The van der Waals surface area contributed by atoms with Gasteiger partial charge in [0.05, 0.1) is 7.11 Å². The van der Waals surface area contributed by atoms with Crippen molar-refractivity contribution < 1.29 is 27.9 Å². The third-order valence-electron chi connectivity index (χ3n) is 3.40. The Labute approximate surface area is 147 Å². The summed E-state index contributed by atoms with van der Waals surface area (Å²) in [5.41, 5.74) is 0.0213. The third kappa shape index (κ3) is 5.04. The maximum atomic E-state index is 12.4. The van der Waals surface area contributed by atoms with Crippen molar-refractivity contribution in [3.05, 3.63) is 35.9 Å². The molecule has 25 heavy (non-hydrogen) atoms. The minimum Gasteiger partial charge on any atom is -0.495 e. The minimum absolute atomic E-state index is 0.0213. The van der Waals surface area contributed by atoms with Crippen LogP contribution in [-0.2, 0) is 14.8 Å². The van der Waals surface area contributed by atoms with Gasteiger partial charge < -0.3 is 15.2 Å². The summed E-state index contributed by atoms with van der Waals surface area (Å²) in [5, 5.41) is 11.5. The Kier molecular flexibility index (Phi) is 7.13. The molecule has 1 aromatic carbocycles. The van der Waals surface area contributed by atoms with Gasteiger partial charge in [-0.3, -0.25) is 4.79 Å². The van der Waals surface area contributed by atoms with Gasteiger partial charge in [0.1, 0.15) is 16.7 Å². The van der Waals surface area contributed by atoms with Crippen LogP contribution in [0.25, 0.3) is 0 Å². The highest BCUT2D eigenvalue weighted by Gasteiger charge is 2.25. The predicted octanol–water partition coefficient (Wildman–Crippen LogP) is 1.09. The van der Waals surface area contributed by atoms with E-state index in [2.05, 4.69) is 5.32 Å². The molecule has 0 bridgehead atoms. The summed E-state index contributed by atoms with van der Waals surface area (Å²) < 4.78 is 30.8. The molecule has 0 saturated carbocycles. The van der Waals surface area contributed by atoms with E-state index in [0.717, 1.165) is 10.4 Å². The molecule has 0 aromatic heterocycles. The Bertz CT molecular complexity index is 771. The molecule has 1 aromatic rings. The van der Waals surface area contributed by atoms with Crippen molar-refractivity contribution in [2.75, 3.05) is 21.2 Å². The van der Waals surface area contributed by atoms with Crippen LogP contribution >= 0.6 is 0 Å². The van der Waals surface area contributed by atoms with Gasteiger partial charge in [-0.1, -0.05) is 12.2 Å². The lowest BCUT2D eigenvalue weighted by molar-refractivity contribution is -0.139. The average Bonchev–Trinajstić information content (AvgIpc) is 2.57. The molecule has 0 saturated heterocycles. The van der Waals surface area contributed by atoms with Gasteiger partial charge in [-0.25, -0.2) is 17.5 Å².